The summed E-state index contributed by atoms with van der Waals surface area (Å²) >= 11 is 0. The summed E-state index contributed by atoms with van der Waals surface area (Å²) in [4.78, 5) is 103. The third-order valence-electron chi connectivity index (χ3n) is 6.88. The molecule has 0 aliphatic heterocycles. The quantitative estimate of drug-likeness (QED) is 0.0270. The van der Waals surface area contributed by atoms with Gasteiger partial charge in [0.1, 0.15) is 30.2 Å². The molecule has 0 fully saturated rings. The molecule has 21 nitrogen and oxygen atoms in total. The van der Waals surface area contributed by atoms with Gasteiger partial charge in [-0.15, -0.1) is 0 Å². The number of aliphatic hydroxyl groups excluding tert-OH is 1. The van der Waals surface area contributed by atoms with Crippen LogP contribution in [0, 0.1) is 5.92 Å². The number of carbonyl (C=O) groups excluding carboxylic acids is 6. The molecule has 0 saturated carbocycles. The highest BCUT2D eigenvalue weighted by Crippen LogP contribution is 2.08. The molecule has 0 radical (unpaired) electrons. The average Bonchev–Trinajstić information content (AvgIpc) is 2.98. The van der Waals surface area contributed by atoms with Crippen LogP contribution in [0.1, 0.15) is 66.2 Å². The molecule has 21 heteroatoms. The predicted octanol–water partition coefficient (Wildman–Crippen LogP) is -4.94. The molecule has 0 aliphatic rings. The second-order valence-electron chi connectivity index (χ2n) is 11.7. The van der Waals surface area contributed by atoms with Crippen molar-refractivity contribution in [1.82, 2.24) is 26.6 Å². The number of rotatable bonds is 23. The van der Waals surface area contributed by atoms with Crippen molar-refractivity contribution in [2.24, 2.45) is 33.8 Å². The van der Waals surface area contributed by atoms with E-state index in [-0.39, 0.29) is 31.8 Å². The van der Waals surface area contributed by atoms with E-state index in [1.165, 1.54) is 20.8 Å². The van der Waals surface area contributed by atoms with Crippen LogP contribution in [0.15, 0.2) is 4.99 Å². The van der Waals surface area contributed by atoms with E-state index < -0.39 is 115 Å². The highest BCUT2D eigenvalue weighted by Gasteiger charge is 2.35. The number of hydrogen-bond acceptors (Lipinski definition) is 11. The van der Waals surface area contributed by atoms with Gasteiger partial charge in [-0.05, 0) is 45.4 Å². The number of aliphatic hydroxyl groups is 1. The highest BCUT2D eigenvalue weighted by molar-refractivity contribution is 5.96. The van der Waals surface area contributed by atoms with Crippen LogP contribution in [0.5, 0.6) is 0 Å². The summed E-state index contributed by atoms with van der Waals surface area (Å²) in [6.45, 7) is 5.61. The van der Waals surface area contributed by atoms with Crippen molar-refractivity contribution in [3.8, 4) is 0 Å². The molecular weight excluding hydrogens is 652 g/mol. The van der Waals surface area contributed by atoms with E-state index >= 15 is 0 Å². The lowest BCUT2D eigenvalue weighted by Gasteiger charge is -2.28. The number of amides is 6. The number of aliphatic carboxylic acids is 2. The molecule has 16 N–H and O–H groups in total. The molecular formula is C28H50N10O11. The number of carboxylic acids is 2. The third-order valence-corrected chi connectivity index (χ3v) is 6.88. The number of hydrogen-bond donors (Lipinski definition) is 12. The molecule has 0 saturated heterocycles. The van der Waals surface area contributed by atoms with Crippen LogP contribution in [0.3, 0.4) is 0 Å². The van der Waals surface area contributed by atoms with Crippen molar-refractivity contribution < 1.29 is 53.7 Å². The van der Waals surface area contributed by atoms with Crippen LogP contribution < -0.4 is 49.5 Å². The monoisotopic (exact) mass is 702 g/mol. The summed E-state index contributed by atoms with van der Waals surface area (Å²) in [5, 5.41) is 40.5. The molecule has 0 aromatic carbocycles. The van der Waals surface area contributed by atoms with Crippen LogP contribution in [-0.4, -0.2) is 118 Å². The second-order valence-corrected chi connectivity index (χ2v) is 11.7. The first-order valence-electron chi connectivity index (χ1n) is 15.4. The minimum atomic E-state index is -1.80. The SMILES string of the molecule is CC(C)[C@H](NC(=O)[C@H](CCC(N)=O)NC(=O)[C@@H](NC(=O)[C@H](CCC(=O)O)NC(=O)[C@H](CCCN=C(N)N)NC(=O)[C@H](C)N)[C@@H](C)O)C(=O)O. The molecule has 7 atom stereocenters. The van der Waals surface area contributed by atoms with E-state index in [4.69, 9.17) is 22.9 Å². The molecule has 278 valence electrons. The minimum Gasteiger partial charge on any atom is -0.481 e. The lowest BCUT2D eigenvalue weighted by molar-refractivity contribution is -0.144. The van der Waals surface area contributed by atoms with E-state index in [9.17, 15) is 53.7 Å². The molecule has 0 aliphatic carbocycles. The van der Waals surface area contributed by atoms with Gasteiger partial charge in [0, 0.05) is 19.4 Å². The Morgan fingerprint density at radius 3 is 1.51 bits per heavy atom. The fraction of sp³-hybridized carbons (Fsp3) is 0.679. The lowest BCUT2D eigenvalue weighted by Crippen LogP contribution is -2.61. The average molecular weight is 703 g/mol. The normalized spacial score (nSPS) is 15.2. The van der Waals surface area contributed by atoms with Crippen LogP contribution >= 0.6 is 0 Å². The van der Waals surface area contributed by atoms with Crippen LogP contribution in [0.25, 0.3) is 0 Å². The maximum Gasteiger partial charge on any atom is 0.326 e. The van der Waals surface area contributed by atoms with Gasteiger partial charge in [0.15, 0.2) is 5.96 Å². The van der Waals surface area contributed by atoms with Gasteiger partial charge < -0.3 is 64.8 Å². The number of nitrogens with one attached hydrogen (secondary N) is 5. The Kier molecular flexibility index (Phi) is 19.5. The molecule has 0 rings (SSSR count). The Hall–Kier alpha value is -5.05. The minimum absolute atomic E-state index is 0.0264. The zero-order valence-electron chi connectivity index (χ0n) is 27.9. The maximum atomic E-state index is 13.4. The van der Waals surface area contributed by atoms with Gasteiger partial charge in [-0.25, -0.2) is 4.79 Å². The van der Waals surface area contributed by atoms with Gasteiger partial charge in [0.25, 0.3) is 0 Å². The summed E-state index contributed by atoms with van der Waals surface area (Å²) in [6.07, 6.45) is -3.34. The Balaban J connectivity index is 6.16. The number of nitrogens with two attached hydrogens (primary N) is 4. The molecule has 49 heavy (non-hydrogen) atoms. The smallest absolute Gasteiger partial charge is 0.326 e. The van der Waals surface area contributed by atoms with Crippen molar-refractivity contribution in [2.75, 3.05) is 6.54 Å². The van der Waals surface area contributed by atoms with E-state index in [1.54, 1.807) is 0 Å². The first-order valence-corrected chi connectivity index (χ1v) is 15.4. The number of aliphatic imine (C=N–C) groups is 1. The fourth-order valence-electron chi connectivity index (χ4n) is 4.13. The van der Waals surface area contributed by atoms with E-state index in [1.807, 2.05) is 0 Å². The van der Waals surface area contributed by atoms with E-state index in [0.717, 1.165) is 6.92 Å². The first kappa shape index (κ1) is 43.9. The Morgan fingerprint density at radius 2 is 1.08 bits per heavy atom. The van der Waals surface area contributed by atoms with Crippen molar-refractivity contribution in [1.29, 1.82) is 0 Å². The summed E-state index contributed by atoms with van der Waals surface area (Å²) in [5.41, 5.74) is 21.4. The highest BCUT2D eigenvalue weighted by atomic mass is 16.4. The van der Waals surface area contributed by atoms with Crippen LogP contribution in [-0.2, 0) is 38.4 Å². The third kappa shape index (κ3) is 17.6. The van der Waals surface area contributed by atoms with Crippen molar-refractivity contribution in [2.45, 2.75) is 109 Å². The summed E-state index contributed by atoms with van der Waals surface area (Å²) in [7, 11) is 0. The number of guanidine groups is 1. The van der Waals surface area contributed by atoms with Gasteiger partial charge in [0.2, 0.25) is 35.4 Å². The number of nitrogens with zero attached hydrogens (tertiary/aromatic N) is 1. The lowest BCUT2D eigenvalue weighted by atomic mass is 10.0. The second kappa shape index (κ2) is 21.8. The van der Waals surface area contributed by atoms with Crippen molar-refractivity contribution >= 4 is 53.3 Å². The maximum absolute atomic E-state index is 13.4. The van der Waals surface area contributed by atoms with Gasteiger partial charge >= 0.3 is 11.9 Å². The Morgan fingerprint density at radius 1 is 0.633 bits per heavy atom. The fourth-order valence-corrected chi connectivity index (χ4v) is 4.13. The predicted molar refractivity (Wildman–Crippen MR) is 173 cm³/mol. The van der Waals surface area contributed by atoms with Gasteiger partial charge in [-0.2, -0.15) is 0 Å². The number of primary amides is 1. The molecule has 6 amide bonds. The Bertz CT molecular complexity index is 1220. The Labute approximate surface area is 282 Å². The van der Waals surface area contributed by atoms with Crippen LogP contribution in [0.4, 0.5) is 0 Å². The van der Waals surface area contributed by atoms with Crippen molar-refractivity contribution in [3.05, 3.63) is 0 Å². The first-order chi connectivity index (χ1) is 22.7. The van der Waals surface area contributed by atoms with Crippen molar-refractivity contribution in [3.63, 3.8) is 0 Å². The van der Waals surface area contributed by atoms with Gasteiger partial charge in [-0.1, -0.05) is 13.8 Å². The molecule has 0 spiro atoms. The van der Waals surface area contributed by atoms with E-state index in [2.05, 4.69) is 31.6 Å². The largest absolute Gasteiger partial charge is 0.481 e. The van der Waals surface area contributed by atoms with E-state index in [0.29, 0.717) is 0 Å². The molecule has 0 unspecified atom stereocenters. The summed E-state index contributed by atoms with van der Waals surface area (Å²) < 4.78 is 0. The summed E-state index contributed by atoms with van der Waals surface area (Å²) in [6, 6.07) is -8.59. The number of carboxylic acid groups (broad SMARTS) is 2. The number of carbonyl (C=O) groups is 8. The zero-order chi connectivity index (χ0) is 38.0. The zero-order valence-corrected chi connectivity index (χ0v) is 27.9. The summed E-state index contributed by atoms with van der Waals surface area (Å²) in [5.74, 6) is -9.18. The van der Waals surface area contributed by atoms with Crippen LogP contribution in [0.2, 0.25) is 0 Å². The topological polar surface area (TPSA) is 374 Å². The molecule has 0 aromatic heterocycles. The standard InChI is InChI=1S/C28H50N10O11/c1-12(2)20(27(48)49)37-24(45)16(7-9-18(30)40)36-26(47)21(14(4)39)38-25(46)17(8-10-19(41)42)35-23(44)15(34-22(43)13(3)29)6-5-11-33-28(31)32/h12-17,20-21,39H,5-11,29H2,1-4H3,(H2,30,40)(H,34,43)(H,35,44)(H,36,47)(H,37,45)(H,38,46)(H,41,42)(H,48,49)(H4,31,32,33)/t13-,14+,15-,16-,17-,20-,21-/m0/s1. The molecule has 0 heterocycles. The molecule has 0 aromatic rings. The van der Waals surface area contributed by atoms with Gasteiger partial charge in [0.05, 0.1) is 12.1 Å². The molecule has 0 bridgehead atoms. The van der Waals surface area contributed by atoms with Gasteiger partial charge in [-0.3, -0.25) is 38.6 Å².